The van der Waals surface area contributed by atoms with Gasteiger partial charge in [-0.05, 0) is 12.5 Å². The first kappa shape index (κ1) is 9.29. The van der Waals surface area contributed by atoms with Crippen LogP contribution in [0.5, 0.6) is 5.88 Å². The molecule has 1 atom stereocenters. The first-order valence-electron chi connectivity index (χ1n) is 3.60. The molecule has 0 saturated heterocycles. The maximum absolute atomic E-state index is 5.85. The second-order valence-electron chi connectivity index (χ2n) is 2.54. The van der Waals surface area contributed by atoms with Crippen molar-refractivity contribution in [2.45, 2.75) is 13.0 Å². The molecule has 0 aromatic carbocycles. The molecule has 0 unspecified atom stereocenters. The molecule has 0 aliphatic heterocycles. The van der Waals surface area contributed by atoms with Crippen LogP contribution >= 0.6 is 11.6 Å². The van der Waals surface area contributed by atoms with Crippen LogP contribution in [0.1, 0.15) is 18.5 Å². The Labute approximate surface area is 76.5 Å². The Morgan fingerprint density at radius 3 is 2.83 bits per heavy atom. The number of nitrogens with two attached hydrogens (primary N) is 1. The standard InChI is InChI=1S/C8H11ClN2O/c1-5(10)6-3-8(12-2)11-4-7(6)9/h3-5H,10H2,1-2H3/t5-/m1/s1. The van der Waals surface area contributed by atoms with Crippen molar-refractivity contribution in [3.8, 4) is 5.88 Å². The molecule has 0 saturated carbocycles. The molecule has 0 aliphatic carbocycles. The van der Waals surface area contributed by atoms with Crippen molar-refractivity contribution in [3.05, 3.63) is 22.8 Å². The predicted molar refractivity (Wildman–Crippen MR) is 48.4 cm³/mol. The highest BCUT2D eigenvalue weighted by molar-refractivity contribution is 6.31. The topological polar surface area (TPSA) is 48.1 Å². The maximum Gasteiger partial charge on any atom is 0.213 e. The third-order valence-corrected chi connectivity index (χ3v) is 1.88. The van der Waals surface area contributed by atoms with Gasteiger partial charge in [-0.1, -0.05) is 11.6 Å². The number of ether oxygens (including phenoxy) is 1. The molecule has 2 N–H and O–H groups in total. The number of methoxy groups -OCH3 is 1. The van der Waals surface area contributed by atoms with Gasteiger partial charge in [0, 0.05) is 18.3 Å². The normalized spacial score (nSPS) is 12.7. The van der Waals surface area contributed by atoms with E-state index in [2.05, 4.69) is 4.98 Å². The average molecular weight is 187 g/mol. The van der Waals surface area contributed by atoms with Crippen molar-refractivity contribution < 1.29 is 4.74 Å². The van der Waals surface area contributed by atoms with E-state index < -0.39 is 0 Å². The highest BCUT2D eigenvalue weighted by Gasteiger charge is 2.06. The summed E-state index contributed by atoms with van der Waals surface area (Å²) in [5.41, 5.74) is 6.52. The molecule has 0 amide bonds. The lowest BCUT2D eigenvalue weighted by atomic mass is 10.1. The molecule has 0 fully saturated rings. The first-order chi connectivity index (χ1) is 5.65. The second-order valence-corrected chi connectivity index (χ2v) is 2.94. The van der Waals surface area contributed by atoms with Gasteiger partial charge >= 0.3 is 0 Å². The molecular formula is C8H11ClN2O. The zero-order chi connectivity index (χ0) is 9.14. The summed E-state index contributed by atoms with van der Waals surface area (Å²) in [4.78, 5) is 3.93. The summed E-state index contributed by atoms with van der Waals surface area (Å²) in [6.45, 7) is 1.86. The summed E-state index contributed by atoms with van der Waals surface area (Å²) in [6, 6.07) is 1.64. The fourth-order valence-corrected chi connectivity index (χ4v) is 1.17. The van der Waals surface area contributed by atoms with Gasteiger partial charge in [0.25, 0.3) is 0 Å². The molecule has 0 aliphatic rings. The highest BCUT2D eigenvalue weighted by Crippen LogP contribution is 2.23. The molecule has 3 nitrogen and oxygen atoms in total. The number of rotatable bonds is 2. The average Bonchev–Trinajstić information content (AvgIpc) is 2.05. The van der Waals surface area contributed by atoms with E-state index in [1.54, 1.807) is 19.4 Å². The van der Waals surface area contributed by atoms with Crippen LogP contribution in [0.3, 0.4) is 0 Å². The van der Waals surface area contributed by atoms with Gasteiger partial charge in [0.1, 0.15) is 0 Å². The van der Waals surface area contributed by atoms with Crippen molar-refractivity contribution in [2.75, 3.05) is 7.11 Å². The largest absolute Gasteiger partial charge is 0.481 e. The molecule has 0 spiro atoms. The van der Waals surface area contributed by atoms with Gasteiger partial charge in [-0.25, -0.2) is 4.98 Å². The van der Waals surface area contributed by atoms with Crippen molar-refractivity contribution in [1.82, 2.24) is 4.98 Å². The maximum atomic E-state index is 5.85. The summed E-state index contributed by atoms with van der Waals surface area (Å²) in [5.74, 6) is 0.534. The number of pyridine rings is 1. The van der Waals surface area contributed by atoms with Gasteiger partial charge in [-0.2, -0.15) is 0 Å². The van der Waals surface area contributed by atoms with E-state index in [9.17, 15) is 0 Å². The third kappa shape index (κ3) is 1.87. The summed E-state index contributed by atoms with van der Waals surface area (Å²) >= 11 is 5.85. The van der Waals surface area contributed by atoms with Gasteiger partial charge < -0.3 is 10.5 Å². The molecule has 12 heavy (non-hydrogen) atoms. The fraction of sp³-hybridized carbons (Fsp3) is 0.375. The van der Waals surface area contributed by atoms with Crippen LogP contribution in [0.15, 0.2) is 12.3 Å². The molecule has 66 valence electrons. The lowest BCUT2D eigenvalue weighted by molar-refractivity contribution is 0.397. The van der Waals surface area contributed by atoms with E-state index >= 15 is 0 Å². The summed E-state index contributed by atoms with van der Waals surface area (Å²) in [7, 11) is 1.56. The molecule has 0 radical (unpaired) electrons. The molecule has 0 bridgehead atoms. The van der Waals surface area contributed by atoms with Gasteiger partial charge in [-0.3, -0.25) is 0 Å². The van der Waals surface area contributed by atoms with Crippen LogP contribution < -0.4 is 10.5 Å². The van der Waals surface area contributed by atoms with E-state index in [1.807, 2.05) is 6.92 Å². The van der Waals surface area contributed by atoms with Gasteiger partial charge in [0.2, 0.25) is 5.88 Å². The minimum Gasteiger partial charge on any atom is -0.481 e. The molecule has 1 aromatic rings. The molecule has 1 heterocycles. The summed E-state index contributed by atoms with van der Waals surface area (Å²) in [6.07, 6.45) is 1.54. The van der Waals surface area contributed by atoms with Crippen LogP contribution in [-0.4, -0.2) is 12.1 Å². The number of aromatic nitrogens is 1. The van der Waals surface area contributed by atoms with Gasteiger partial charge in [-0.15, -0.1) is 0 Å². The van der Waals surface area contributed by atoms with E-state index in [-0.39, 0.29) is 6.04 Å². The summed E-state index contributed by atoms with van der Waals surface area (Å²) < 4.78 is 4.93. The fourth-order valence-electron chi connectivity index (χ4n) is 0.895. The Bertz CT molecular complexity index is 276. The Hall–Kier alpha value is -0.800. The second kappa shape index (κ2) is 3.74. The predicted octanol–water partition coefficient (Wildman–Crippen LogP) is 1.76. The van der Waals surface area contributed by atoms with Gasteiger partial charge in [0.15, 0.2) is 0 Å². The van der Waals surface area contributed by atoms with Crippen molar-refractivity contribution in [1.29, 1.82) is 0 Å². The smallest absolute Gasteiger partial charge is 0.213 e. The number of hydrogen-bond donors (Lipinski definition) is 1. The number of hydrogen-bond acceptors (Lipinski definition) is 3. The Morgan fingerprint density at radius 1 is 1.67 bits per heavy atom. The van der Waals surface area contributed by atoms with Crippen molar-refractivity contribution in [2.24, 2.45) is 5.73 Å². The zero-order valence-corrected chi connectivity index (χ0v) is 7.80. The number of nitrogens with zero attached hydrogens (tertiary/aromatic N) is 1. The van der Waals surface area contributed by atoms with E-state index in [0.29, 0.717) is 10.9 Å². The molecule has 1 rings (SSSR count). The van der Waals surface area contributed by atoms with Crippen LogP contribution in [0.2, 0.25) is 5.02 Å². The zero-order valence-electron chi connectivity index (χ0n) is 7.04. The highest BCUT2D eigenvalue weighted by atomic mass is 35.5. The molecule has 1 aromatic heterocycles. The minimum atomic E-state index is -0.102. The third-order valence-electron chi connectivity index (χ3n) is 1.56. The van der Waals surface area contributed by atoms with Crippen LogP contribution in [0, 0.1) is 0 Å². The SMILES string of the molecule is COc1cc([C@@H](C)N)c(Cl)cn1. The van der Waals surface area contributed by atoms with E-state index in [4.69, 9.17) is 22.1 Å². The van der Waals surface area contributed by atoms with E-state index in [1.165, 1.54) is 0 Å². The molecular weight excluding hydrogens is 176 g/mol. The Kier molecular flexibility index (Phi) is 2.89. The lowest BCUT2D eigenvalue weighted by Crippen LogP contribution is -2.06. The van der Waals surface area contributed by atoms with Crippen LogP contribution in [-0.2, 0) is 0 Å². The van der Waals surface area contributed by atoms with Crippen LogP contribution in [0.4, 0.5) is 0 Å². The van der Waals surface area contributed by atoms with E-state index in [0.717, 1.165) is 5.56 Å². The summed E-state index contributed by atoms with van der Waals surface area (Å²) in [5, 5.41) is 0.575. The van der Waals surface area contributed by atoms with Crippen LogP contribution in [0.25, 0.3) is 0 Å². The Morgan fingerprint density at radius 2 is 2.33 bits per heavy atom. The minimum absolute atomic E-state index is 0.102. The quantitative estimate of drug-likeness (QED) is 0.766. The molecule has 4 heteroatoms. The monoisotopic (exact) mass is 186 g/mol. The van der Waals surface area contributed by atoms with Gasteiger partial charge in [0.05, 0.1) is 12.1 Å². The Balaban J connectivity index is 3.08. The van der Waals surface area contributed by atoms with Crippen molar-refractivity contribution in [3.63, 3.8) is 0 Å². The first-order valence-corrected chi connectivity index (χ1v) is 3.98. The number of halogens is 1. The lowest BCUT2D eigenvalue weighted by Gasteiger charge is -2.08. The van der Waals surface area contributed by atoms with Crippen molar-refractivity contribution >= 4 is 11.6 Å².